The molecule has 4 rings (SSSR count). The summed E-state index contributed by atoms with van der Waals surface area (Å²) in [5.41, 5.74) is 2.30. The van der Waals surface area contributed by atoms with Gasteiger partial charge in [0, 0.05) is 5.56 Å². The number of aliphatic carboxylic acids is 1. The van der Waals surface area contributed by atoms with E-state index in [0.29, 0.717) is 33.1 Å². The number of thiazole rings is 1. The molecule has 0 unspecified atom stereocenters. The Hall–Kier alpha value is -3.40. The Morgan fingerprint density at radius 1 is 1.16 bits per heavy atom. The fraction of sp³-hybridized carbons (Fsp3) is 0.227. The highest BCUT2D eigenvalue weighted by Gasteiger charge is 2.30. The number of hydrogen-bond acceptors (Lipinski definition) is 6. The van der Waals surface area contributed by atoms with Crippen LogP contribution in [0.15, 0.2) is 40.8 Å². The van der Waals surface area contributed by atoms with Crippen LogP contribution in [0.4, 0.5) is 13.2 Å². The molecular weight excluding hydrogens is 445 g/mol. The summed E-state index contributed by atoms with van der Waals surface area (Å²) in [6, 6.07) is 8.39. The van der Waals surface area contributed by atoms with Crippen molar-refractivity contribution in [3.8, 4) is 16.3 Å². The standard InChI is InChI=1S/C22H17F3N2O4S/c1-11-7-15(20-16(8-11)31-18(27-20)9-19(28)29)30-10-17-12(2)26-21(32-17)13-3-5-14(6-4-13)22(23,24)25/h3-8H,9-10H2,1-2H3,(H,28,29). The number of carbonyl (C=O) groups is 1. The van der Waals surface area contributed by atoms with Crippen molar-refractivity contribution in [3.05, 3.63) is 64.0 Å². The molecule has 1 N–H and O–H groups in total. The van der Waals surface area contributed by atoms with Crippen molar-refractivity contribution < 1.29 is 32.2 Å². The number of hydrogen-bond donors (Lipinski definition) is 1. The lowest BCUT2D eigenvalue weighted by atomic mass is 10.1. The molecule has 2 aromatic heterocycles. The largest absolute Gasteiger partial charge is 0.486 e. The molecule has 0 radical (unpaired) electrons. The van der Waals surface area contributed by atoms with Gasteiger partial charge in [-0.3, -0.25) is 4.79 Å². The fourth-order valence-electron chi connectivity index (χ4n) is 3.12. The lowest BCUT2D eigenvalue weighted by Crippen LogP contribution is -2.03. The van der Waals surface area contributed by atoms with Gasteiger partial charge < -0.3 is 14.3 Å². The van der Waals surface area contributed by atoms with Crippen LogP contribution in [0.25, 0.3) is 21.7 Å². The number of ether oxygens (including phenoxy) is 1. The fourth-order valence-corrected chi connectivity index (χ4v) is 4.10. The number of nitrogens with zero attached hydrogens (tertiary/aromatic N) is 2. The highest BCUT2D eigenvalue weighted by molar-refractivity contribution is 7.15. The summed E-state index contributed by atoms with van der Waals surface area (Å²) in [5, 5.41) is 9.55. The number of aromatic nitrogens is 2. The second-order valence-corrected chi connectivity index (χ2v) is 8.26. The van der Waals surface area contributed by atoms with Crippen LogP contribution in [0.2, 0.25) is 0 Å². The van der Waals surface area contributed by atoms with Gasteiger partial charge in [0.2, 0.25) is 5.89 Å². The molecule has 166 valence electrons. The summed E-state index contributed by atoms with van der Waals surface area (Å²) < 4.78 is 49.8. The summed E-state index contributed by atoms with van der Waals surface area (Å²) in [5.74, 6) is -0.516. The number of oxazole rings is 1. The van der Waals surface area contributed by atoms with Crippen molar-refractivity contribution in [2.24, 2.45) is 0 Å². The Labute approximate surface area is 184 Å². The second-order valence-electron chi connectivity index (χ2n) is 7.18. The minimum absolute atomic E-state index is 0.0847. The molecule has 0 spiro atoms. The molecule has 4 aromatic rings. The van der Waals surface area contributed by atoms with Gasteiger partial charge >= 0.3 is 12.1 Å². The Bertz CT molecular complexity index is 1290. The van der Waals surface area contributed by atoms with Crippen molar-refractivity contribution in [2.75, 3.05) is 0 Å². The molecule has 10 heteroatoms. The van der Waals surface area contributed by atoms with Gasteiger partial charge in [-0.1, -0.05) is 12.1 Å². The number of carboxylic acid groups (broad SMARTS) is 1. The third-order valence-corrected chi connectivity index (χ3v) is 5.84. The smallest absolute Gasteiger partial charge is 0.416 e. The number of aryl methyl sites for hydroxylation is 2. The van der Waals surface area contributed by atoms with E-state index in [1.807, 2.05) is 6.92 Å². The lowest BCUT2D eigenvalue weighted by molar-refractivity contribution is -0.138. The van der Waals surface area contributed by atoms with Crippen LogP contribution in [-0.4, -0.2) is 21.0 Å². The van der Waals surface area contributed by atoms with Gasteiger partial charge in [-0.2, -0.15) is 13.2 Å². The van der Waals surface area contributed by atoms with Gasteiger partial charge in [-0.15, -0.1) is 11.3 Å². The number of carboxylic acids is 1. The summed E-state index contributed by atoms with van der Waals surface area (Å²) in [6.07, 6.45) is -4.72. The van der Waals surface area contributed by atoms with Crippen LogP contribution in [0.1, 0.15) is 27.6 Å². The van der Waals surface area contributed by atoms with Gasteiger partial charge in [0.15, 0.2) is 11.1 Å². The van der Waals surface area contributed by atoms with E-state index in [0.717, 1.165) is 22.6 Å². The van der Waals surface area contributed by atoms with Crippen molar-refractivity contribution in [1.82, 2.24) is 9.97 Å². The predicted molar refractivity (Wildman–Crippen MR) is 112 cm³/mol. The Kier molecular flexibility index (Phi) is 5.64. The van der Waals surface area contributed by atoms with E-state index >= 15 is 0 Å². The lowest BCUT2D eigenvalue weighted by Gasteiger charge is -2.07. The minimum atomic E-state index is -4.39. The van der Waals surface area contributed by atoms with Crippen LogP contribution in [0.3, 0.4) is 0 Å². The molecule has 6 nitrogen and oxygen atoms in total. The molecular formula is C22H17F3N2O4S. The van der Waals surface area contributed by atoms with E-state index in [2.05, 4.69) is 9.97 Å². The van der Waals surface area contributed by atoms with E-state index in [-0.39, 0.29) is 18.9 Å². The molecule has 0 aliphatic heterocycles. The zero-order chi connectivity index (χ0) is 23.0. The maximum Gasteiger partial charge on any atom is 0.416 e. The summed E-state index contributed by atoms with van der Waals surface area (Å²) in [4.78, 5) is 20.4. The van der Waals surface area contributed by atoms with E-state index in [4.69, 9.17) is 14.3 Å². The van der Waals surface area contributed by atoms with Crippen LogP contribution >= 0.6 is 11.3 Å². The first-order valence-corrected chi connectivity index (χ1v) is 10.3. The quantitative estimate of drug-likeness (QED) is 0.390. The van der Waals surface area contributed by atoms with Crippen LogP contribution in [0, 0.1) is 13.8 Å². The maximum atomic E-state index is 12.8. The first-order valence-electron chi connectivity index (χ1n) is 9.49. The maximum absolute atomic E-state index is 12.8. The third kappa shape index (κ3) is 4.59. The monoisotopic (exact) mass is 462 g/mol. The molecule has 2 aromatic carbocycles. The van der Waals surface area contributed by atoms with E-state index in [1.165, 1.54) is 23.5 Å². The first-order chi connectivity index (χ1) is 15.1. The molecule has 0 saturated carbocycles. The molecule has 0 amide bonds. The van der Waals surface area contributed by atoms with Gasteiger partial charge in [0.1, 0.15) is 23.8 Å². The van der Waals surface area contributed by atoms with Gasteiger partial charge in [0.25, 0.3) is 0 Å². The zero-order valence-electron chi connectivity index (χ0n) is 17.0. The van der Waals surface area contributed by atoms with E-state index in [1.54, 1.807) is 19.1 Å². The second kappa shape index (κ2) is 8.27. The molecule has 0 bridgehead atoms. The van der Waals surface area contributed by atoms with Gasteiger partial charge in [-0.25, -0.2) is 9.97 Å². The average molecular weight is 462 g/mol. The van der Waals surface area contributed by atoms with Crippen molar-refractivity contribution >= 4 is 28.4 Å². The highest BCUT2D eigenvalue weighted by atomic mass is 32.1. The molecule has 32 heavy (non-hydrogen) atoms. The zero-order valence-corrected chi connectivity index (χ0v) is 17.8. The summed E-state index contributed by atoms with van der Waals surface area (Å²) >= 11 is 1.33. The van der Waals surface area contributed by atoms with Crippen LogP contribution in [0.5, 0.6) is 5.75 Å². The molecule has 0 aliphatic carbocycles. The third-order valence-electron chi connectivity index (χ3n) is 4.66. The number of rotatable bonds is 6. The van der Waals surface area contributed by atoms with Crippen molar-refractivity contribution in [1.29, 1.82) is 0 Å². The first kappa shape index (κ1) is 21.8. The minimum Gasteiger partial charge on any atom is -0.486 e. The van der Waals surface area contributed by atoms with Crippen LogP contribution < -0.4 is 4.74 Å². The van der Waals surface area contributed by atoms with Gasteiger partial charge in [-0.05, 0) is 43.7 Å². The molecule has 0 saturated heterocycles. The Morgan fingerprint density at radius 2 is 1.88 bits per heavy atom. The molecule has 0 atom stereocenters. The van der Waals surface area contributed by atoms with E-state index in [9.17, 15) is 18.0 Å². The molecule has 2 heterocycles. The highest BCUT2D eigenvalue weighted by Crippen LogP contribution is 2.34. The van der Waals surface area contributed by atoms with Crippen LogP contribution in [-0.2, 0) is 24.0 Å². The Balaban J connectivity index is 1.56. The number of benzene rings is 2. The number of alkyl halides is 3. The van der Waals surface area contributed by atoms with Gasteiger partial charge in [0.05, 0.1) is 16.1 Å². The average Bonchev–Trinajstić information content (AvgIpc) is 3.27. The summed E-state index contributed by atoms with van der Waals surface area (Å²) in [6.45, 7) is 3.83. The molecule has 0 fully saturated rings. The van der Waals surface area contributed by atoms with Crippen molar-refractivity contribution in [2.45, 2.75) is 33.1 Å². The Morgan fingerprint density at radius 3 is 2.53 bits per heavy atom. The number of fused-ring (bicyclic) bond motifs is 1. The molecule has 0 aliphatic rings. The summed E-state index contributed by atoms with van der Waals surface area (Å²) in [7, 11) is 0. The number of halogens is 3. The van der Waals surface area contributed by atoms with Crippen molar-refractivity contribution in [3.63, 3.8) is 0 Å². The normalized spacial score (nSPS) is 11.8. The van der Waals surface area contributed by atoms with E-state index < -0.39 is 17.7 Å². The topological polar surface area (TPSA) is 85.5 Å². The SMILES string of the molecule is Cc1cc(OCc2sc(-c3ccc(C(F)(F)F)cc3)nc2C)c2nc(CC(=O)O)oc2c1. The predicted octanol–water partition coefficient (Wildman–Crippen LogP) is 5.79.